The summed E-state index contributed by atoms with van der Waals surface area (Å²) in [7, 11) is 2.16. The third-order valence-corrected chi connectivity index (χ3v) is 4.20. The number of nitrogens with zero attached hydrogens (tertiary/aromatic N) is 5. The Bertz CT molecular complexity index is 762. The van der Waals surface area contributed by atoms with Gasteiger partial charge in [-0.25, -0.2) is 4.98 Å². The molecule has 2 aromatic rings. The number of aromatic nitrogens is 2. The van der Waals surface area contributed by atoms with Gasteiger partial charge < -0.3 is 9.80 Å². The monoisotopic (exact) mass is 319 g/mol. The van der Waals surface area contributed by atoms with Crippen LogP contribution in [0.5, 0.6) is 0 Å². The van der Waals surface area contributed by atoms with Crippen LogP contribution < -0.4 is 4.90 Å². The van der Waals surface area contributed by atoms with Crippen molar-refractivity contribution in [1.82, 2.24) is 14.9 Å². The molecule has 0 aliphatic carbocycles. The molecule has 0 N–H and O–H groups in total. The van der Waals surface area contributed by atoms with Crippen LogP contribution in [-0.4, -0.2) is 48.1 Å². The number of allylic oxidation sites excluding steroid dienone is 1. The Morgan fingerprint density at radius 1 is 1.17 bits per heavy atom. The Morgan fingerprint density at radius 3 is 2.96 bits per heavy atom. The Balaban J connectivity index is 1.85. The van der Waals surface area contributed by atoms with Gasteiger partial charge in [-0.15, -0.1) is 0 Å². The molecule has 0 spiro atoms. The van der Waals surface area contributed by atoms with Crippen molar-refractivity contribution in [3.63, 3.8) is 0 Å². The Kier molecular flexibility index (Phi) is 5.19. The number of nitriles is 1. The second-order valence-corrected chi connectivity index (χ2v) is 5.99. The van der Waals surface area contributed by atoms with Crippen LogP contribution in [0.25, 0.3) is 17.3 Å². The number of hydrogen-bond donors (Lipinski definition) is 0. The quantitative estimate of drug-likeness (QED) is 0.814. The lowest BCUT2D eigenvalue weighted by Gasteiger charge is -2.21. The maximum absolute atomic E-state index is 8.67. The van der Waals surface area contributed by atoms with E-state index in [1.54, 1.807) is 12.3 Å². The molecule has 1 aromatic heterocycles. The molecule has 122 valence electrons. The maximum Gasteiger partial charge on any atom is 0.147 e. The summed E-state index contributed by atoms with van der Waals surface area (Å²) in [6.45, 7) is 4.14. The van der Waals surface area contributed by atoms with Gasteiger partial charge in [0, 0.05) is 31.3 Å². The van der Waals surface area contributed by atoms with E-state index in [2.05, 4.69) is 21.8 Å². The molecule has 1 fully saturated rings. The fraction of sp³-hybridized carbons (Fsp3) is 0.316. The Hall–Kier alpha value is -2.71. The van der Waals surface area contributed by atoms with E-state index in [9.17, 15) is 0 Å². The van der Waals surface area contributed by atoms with Gasteiger partial charge in [0.1, 0.15) is 5.82 Å². The highest BCUT2D eigenvalue weighted by molar-refractivity contribution is 5.65. The SMILES string of the molecule is CN1CCCN(c2cncc(-c3cccc(C=CC#N)c3)n2)CC1. The van der Waals surface area contributed by atoms with Gasteiger partial charge in [-0.2, -0.15) is 5.26 Å². The van der Waals surface area contributed by atoms with Gasteiger partial charge in [-0.05, 0) is 37.7 Å². The minimum atomic E-state index is 0.859. The van der Waals surface area contributed by atoms with Crippen LogP contribution in [0.4, 0.5) is 5.82 Å². The van der Waals surface area contributed by atoms with E-state index in [1.807, 2.05) is 36.5 Å². The predicted molar refractivity (Wildman–Crippen MR) is 96.4 cm³/mol. The first-order chi connectivity index (χ1) is 11.8. The number of hydrogen-bond acceptors (Lipinski definition) is 5. The summed E-state index contributed by atoms with van der Waals surface area (Å²) in [6.07, 6.45) is 8.05. The molecule has 3 rings (SSSR count). The fourth-order valence-corrected chi connectivity index (χ4v) is 2.86. The lowest BCUT2D eigenvalue weighted by molar-refractivity contribution is 0.360. The molecule has 5 nitrogen and oxygen atoms in total. The largest absolute Gasteiger partial charge is 0.354 e. The summed E-state index contributed by atoms with van der Waals surface area (Å²) in [5.41, 5.74) is 2.85. The van der Waals surface area contributed by atoms with Gasteiger partial charge >= 0.3 is 0 Å². The van der Waals surface area contributed by atoms with E-state index in [-0.39, 0.29) is 0 Å². The molecule has 1 saturated heterocycles. The minimum absolute atomic E-state index is 0.859. The van der Waals surface area contributed by atoms with E-state index >= 15 is 0 Å². The molecule has 1 aliphatic heterocycles. The zero-order valence-electron chi connectivity index (χ0n) is 13.9. The van der Waals surface area contributed by atoms with Crippen molar-refractivity contribution in [2.75, 3.05) is 38.1 Å². The van der Waals surface area contributed by atoms with Crippen LogP contribution >= 0.6 is 0 Å². The van der Waals surface area contributed by atoms with Crippen molar-refractivity contribution in [3.8, 4) is 17.3 Å². The highest BCUT2D eigenvalue weighted by atomic mass is 15.2. The summed E-state index contributed by atoms with van der Waals surface area (Å²) >= 11 is 0. The second kappa shape index (κ2) is 7.71. The first-order valence-electron chi connectivity index (χ1n) is 8.18. The van der Waals surface area contributed by atoms with Crippen LogP contribution in [0.1, 0.15) is 12.0 Å². The topological polar surface area (TPSA) is 56.0 Å². The van der Waals surface area contributed by atoms with Gasteiger partial charge in [0.2, 0.25) is 0 Å². The van der Waals surface area contributed by atoms with Crippen LogP contribution in [0.3, 0.4) is 0 Å². The smallest absolute Gasteiger partial charge is 0.147 e. The van der Waals surface area contributed by atoms with Crippen LogP contribution in [0.15, 0.2) is 42.7 Å². The van der Waals surface area contributed by atoms with Crippen LogP contribution in [-0.2, 0) is 0 Å². The zero-order chi connectivity index (χ0) is 16.8. The Labute approximate surface area is 142 Å². The molecule has 5 heteroatoms. The van der Waals surface area contributed by atoms with Gasteiger partial charge in [0.25, 0.3) is 0 Å². The van der Waals surface area contributed by atoms with Crippen molar-refractivity contribution >= 4 is 11.9 Å². The average molecular weight is 319 g/mol. The molecule has 24 heavy (non-hydrogen) atoms. The molecule has 0 amide bonds. The summed E-state index contributed by atoms with van der Waals surface area (Å²) in [4.78, 5) is 13.9. The van der Waals surface area contributed by atoms with E-state index < -0.39 is 0 Å². The third-order valence-electron chi connectivity index (χ3n) is 4.20. The molecule has 1 aromatic carbocycles. The highest BCUT2D eigenvalue weighted by Crippen LogP contribution is 2.21. The molecule has 0 unspecified atom stereocenters. The van der Waals surface area contributed by atoms with Gasteiger partial charge in [-0.1, -0.05) is 18.2 Å². The maximum atomic E-state index is 8.67. The molecule has 0 atom stereocenters. The third kappa shape index (κ3) is 3.98. The lowest BCUT2D eigenvalue weighted by Crippen LogP contribution is -2.29. The van der Waals surface area contributed by atoms with E-state index in [4.69, 9.17) is 10.2 Å². The number of benzene rings is 1. The standard InChI is InChI=1S/C19H21N5/c1-23-9-4-10-24(12-11-23)19-15-21-14-18(22-19)17-7-2-5-16(13-17)6-3-8-20/h2-3,5-7,13-15H,4,9-12H2,1H3. The Morgan fingerprint density at radius 2 is 2.08 bits per heavy atom. The van der Waals surface area contributed by atoms with E-state index in [0.29, 0.717) is 0 Å². The molecule has 0 saturated carbocycles. The molecular formula is C19H21N5. The summed E-state index contributed by atoms with van der Waals surface area (Å²) < 4.78 is 0. The fourth-order valence-electron chi connectivity index (χ4n) is 2.86. The van der Waals surface area contributed by atoms with E-state index in [1.165, 1.54) is 6.08 Å². The van der Waals surface area contributed by atoms with Crippen molar-refractivity contribution in [3.05, 3.63) is 48.3 Å². The number of anilines is 1. The first kappa shape index (κ1) is 16.2. The molecule has 2 heterocycles. The van der Waals surface area contributed by atoms with Crippen molar-refractivity contribution in [1.29, 1.82) is 5.26 Å². The van der Waals surface area contributed by atoms with Gasteiger partial charge in [-0.3, -0.25) is 4.98 Å². The summed E-state index contributed by atoms with van der Waals surface area (Å²) in [5, 5.41) is 8.67. The molecule has 1 aliphatic rings. The zero-order valence-corrected chi connectivity index (χ0v) is 13.9. The highest BCUT2D eigenvalue weighted by Gasteiger charge is 2.14. The molecular weight excluding hydrogens is 298 g/mol. The minimum Gasteiger partial charge on any atom is -0.354 e. The second-order valence-electron chi connectivity index (χ2n) is 5.99. The average Bonchev–Trinajstić information content (AvgIpc) is 2.85. The lowest BCUT2D eigenvalue weighted by atomic mass is 10.1. The van der Waals surface area contributed by atoms with Crippen molar-refractivity contribution in [2.24, 2.45) is 0 Å². The number of likely N-dealkylation sites (N-methyl/N-ethyl adjacent to an activating group) is 1. The predicted octanol–water partition coefficient (Wildman–Crippen LogP) is 2.82. The van der Waals surface area contributed by atoms with Gasteiger partial charge in [0.15, 0.2) is 0 Å². The van der Waals surface area contributed by atoms with Crippen LogP contribution in [0.2, 0.25) is 0 Å². The normalized spacial score (nSPS) is 16.1. The first-order valence-corrected chi connectivity index (χ1v) is 8.18. The molecule has 0 radical (unpaired) electrons. The summed E-state index contributed by atoms with van der Waals surface area (Å²) in [6, 6.07) is 10.0. The number of rotatable bonds is 3. The molecule has 0 bridgehead atoms. The summed E-state index contributed by atoms with van der Waals surface area (Å²) in [5.74, 6) is 0.931. The van der Waals surface area contributed by atoms with Crippen molar-refractivity contribution in [2.45, 2.75) is 6.42 Å². The van der Waals surface area contributed by atoms with Crippen LogP contribution in [0, 0.1) is 11.3 Å². The van der Waals surface area contributed by atoms with Gasteiger partial charge in [0.05, 0.1) is 24.2 Å². The van der Waals surface area contributed by atoms with Crippen molar-refractivity contribution < 1.29 is 0 Å². The van der Waals surface area contributed by atoms with E-state index in [0.717, 1.165) is 55.2 Å².